The minimum absolute atomic E-state index is 0.167. The van der Waals surface area contributed by atoms with E-state index in [4.69, 9.17) is 0 Å². The first-order valence-electron chi connectivity index (χ1n) is 4.79. The molecule has 1 saturated carbocycles. The molecule has 0 aliphatic heterocycles. The van der Waals surface area contributed by atoms with Crippen LogP contribution in [0.3, 0.4) is 0 Å². The first-order valence-corrected chi connectivity index (χ1v) is 6.44. The molecule has 0 saturated heterocycles. The van der Waals surface area contributed by atoms with Crippen molar-refractivity contribution in [2.45, 2.75) is 25.8 Å². The van der Waals surface area contributed by atoms with Crippen molar-refractivity contribution in [3.63, 3.8) is 0 Å². The van der Waals surface area contributed by atoms with Crippen molar-refractivity contribution < 1.29 is 8.42 Å². The molecule has 0 radical (unpaired) electrons. The van der Waals surface area contributed by atoms with Crippen LogP contribution in [0.2, 0.25) is 0 Å². The number of hydrogen-bond donors (Lipinski definition) is 1. The number of allylic oxidation sites excluding steroid dienone is 1. The summed E-state index contributed by atoms with van der Waals surface area (Å²) in [7, 11) is -3.01. The van der Waals surface area contributed by atoms with Gasteiger partial charge in [-0.1, -0.05) is 12.2 Å². The Morgan fingerprint density at radius 3 is 2.62 bits per heavy atom. The van der Waals surface area contributed by atoms with Crippen molar-refractivity contribution in [3.8, 4) is 0 Å². The van der Waals surface area contributed by atoms with Crippen LogP contribution in [0, 0.1) is 11.8 Å². The second kappa shape index (κ2) is 3.10. The summed E-state index contributed by atoms with van der Waals surface area (Å²) in [5.41, 5.74) is 0. The number of hydrogen-bond acceptors (Lipinski definition) is 2. The van der Waals surface area contributed by atoms with Crippen LogP contribution in [-0.2, 0) is 10.0 Å². The van der Waals surface area contributed by atoms with Crippen LogP contribution in [0.5, 0.6) is 0 Å². The molecule has 0 aromatic rings. The van der Waals surface area contributed by atoms with Crippen LogP contribution in [0.25, 0.3) is 0 Å². The van der Waals surface area contributed by atoms with Gasteiger partial charge in [-0.15, -0.1) is 0 Å². The average molecular weight is 201 g/mol. The Morgan fingerprint density at radius 2 is 2.15 bits per heavy atom. The fraction of sp³-hybridized carbons (Fsp3) is 0.778. The molecule has 74 valence electrons. The molecule has 1 N–H and O–H groups in total. The van der Waals surface area contributed by atoms with Gasteiger partial charge in [-0.2, -0.15) is 0 Å². The molecule has 2 rings (SSSR count). The number of rotatable bonds is 3. The van der Waals surface area contributed by atoms with Gasteiger partial charge in [-0.25, -0.2) is 13.1 Å². The normalized spacial score (nSPS) is 37.2. The Kier molecular flexibility index (Phi) is 2.20. The lowest BCUT2D eigenvalue weighted by molar-refractivity contribution is 0.504. The highest BCUT2D eigenvalue weighted by molar-refractivity contribution is 7.89. The van der Waals surface area contributed by atoms with Gasteiger partial charge in [-0.05, 0) is 31.6 Å². The van der Waals surface area contributed by atoms with Crippen LogP contribution in [0.4, 0.5) is 0 Å². The number of nitrogens with one attached hydrogen (secondary N) is 1. The van der Waals surface area contributed by atoms with E-state index >= 15 is 0 Å². The van der Waals surface area contributed by atoms with E-state index in [0.717, 1.165) is 12.8 Å². The van der Waals surface area contributed by atoms with Crippen LogP contribution in [0.15, 0.2) is 12.2 Å². The highest BCUT2D eigenvalue weighted by atomic mass is 32.2. The molecule has 13 heavy (non-hydrogen) atoms. The van der Waals surface area contributed by atoms with Gasteiger partial charge >= 0.3 is 0 Å². The van der Waals surface area contributed by atoms with Crippen molar-refractivity contribution >= 4 is 10.0 Å². The van der Waals surface area contributed by atoms with Gasteiger partial charge in [0.2, 0.25) is 10.0 Å². The lowest BCUT2D eigenvalue weighted by atomic mass is 10.0. The monoisotopic (exact) mass is 201 g/mol. The second-order valence-corrected chi connectivity index (χ2v) is 5.95. The zero-order valence-corrected chi connectivity index (χ0v) is 8.55. The largest absolute Gasteiger partial charge is 0.212 e. The Balaban J connectivity index is 2.02. The van der Waals surface area contributed by atoms with Crippen molar-refractivity contribution in [2.75, 3.05) is 5.75 Å². The van der Waals surface area contributed by atoms with Crippen LogP contribution >= 0.6 is 0 Å². The summed E-state index contributed by atoms with van der Waals surface area (Å²) in [4.78, 5) is 0. The number of fused-ring (bicyclic) bond motifs is 2. The molecule has 2 aliphatic carbocycles. The summed E-state index contributed by atoms with van der Waals surface area (Å²) in [5.74, 6) is 1.26. The fourth-order valence-electron chi connectivity index (χ4n) is 2.23. The van der Waals surface area contributed by atoms with Crippen molar-refractivity contribution in [2.24, 2.45) is 11.8 Å². The highest BCUT2D eigenvalue weighted by Gasteiger charge is 2.37. The van der Waals surface area contributed by atoms with Crippen molar-refractivity contribution in [3.05, 3.63) is 12.2 Å². The van der Waals surface area contributed by atoms with E-state index < -0.39 is 10.0 Å². The molecule has 3 atom stereocenters. The van der Waals surface area contributed by atoms with Crippen LogP contribution in [-0.4, -0.2) is 20.2 Å². The van der Waals surface area contributed by atoms with Gasteiger partial charge in [-0.3, -0.25) is 0 Å². The molecular weight excluding hydrogens is 186 g/mol. The van der Waals surface area contributed by atoms with E-state index in [0.29, 0.717) is 11.8 Å². The third-order valence-electron chi connectivity index (χ3n) is 2.99. The van der Waals surface area contributed by atoms with Gasteiger partial charge in [0, 0.05) is 6.04 Å². The van der Waals surface area contributed by atoms with Crippen LogP contribution < -0.4 is 4.72 Å². The van der Waals surface area contributed by atoms with E-state index in [1.165, 1.54) is 0 Å². The van der Waals surface area contributed by atoms with Gasteiger partial charge in [0.15, 0.2) is 0 Å². The second-order valence-electron chi connectivity index (χ2n) is 3.91. The number of sulfonamides is 1. The summed E-state index contributed by atoms with van der Waals surface area (Å²) < 4.78 is 25.4. The first kappa shape index (κ1) is 9.21. The molecule has 0 spiro atoms. The Hall–Kier alpha value is -0.350. The minimum atomic E-state index is -3.01. The molecule has 4 heteroatoms. The predicted octanol–water partition coefficient (Wildman–Crippen LogP) is 0.890. The van der Waals surface area contributed by atoms with E-state index in [-0.39, 0.29) is 11.8 Å². The molecular formula is C9H15NO2S. The van der Waals surface area contributed by atoms with E-state index in [1.54, 1.807) is 6.92 Å². The zero-order chi connectivity index (χ0) is 9.47. The summed E-state index contributed by atoms with van der Waals surface area (Å²) >= 11 is 0. The van der Waals surface area contributed by atoms with Crippen LogP contribution in [0.1, 0.15) is 19.8 Å². The quantitative estimate of drug-likeness (QED) is 0.689. The van der Waals surface area contributed by atoms with Gasteiger partial charge in [0.05, 0.1) is 5.75 Å². The zero-order valence-electron chi connectivity index (χ0n) is 7.73. The average Bonchev–Trinajstić information content (AvgIpc) is 2.64. The van der Waals surface area contributed by atoms with E-state index in [9.17, 15) is 8.42 Å². The maximum Gasteiger partial charge on any atom is 0.211 e. The van der Waals surface area contributed by atoms with Gasteiger partial charge < -0.3 is 0 Å². The third-order valence-corrected chi connectivity index (χ3v) is 4.41. The molecule has 3 nitrogen and oxygen atoms in total. The topological polar surface area (TPSA) is 46.2 Å². The summed E-state index contributed by atoms with van der Waals surface area (Å²) in [5, 5.41) is 0. The van der Waals surface area contributed by atoms with Gasteiger partial charge in [0.1, 0.15) is 0 Å². The standard InChI is InChI=1S/C9H15NO2S/c1-2-13(11,12)10-9-6-7-3-4-8(9)5-7/h3-4,7-10H,2,5-6H2,1H3. The lowest BCUT2D eigenvalue weighted by Gasteiger charge is -2.18. The molecule has 2 aliphatic rings. The van der Waals surface area contributed by atoms with E-state index in [1.807, 2.05) is 0 Å². The molecule has 2 bridgehead atoms. The minimum Gasteiger partial charge on any atom is -0.212 e. The van der Waals surface area contributed by atoms with E-state index in [2.05, 4.69) is 16.9 Å². The highest BCUT2D eigenvalue weighted by Crippen LogP contribution is 2.39. The lowest BCUT2D eigenvalue weighted by Crippen LogP contribution is -2.38. The molecule has 0 aromatic heterocycles. The Bertz CT molecular complexity index is 321. The summed E-state index contributed by atoms with van der Waals surface area (Å²) in [6.07, 6.45) is 6.48. The smallest absolute Gasteiger partial charge is 0.211 e. The molecule has 0 aromatic carbocycles. The van der Waals surface area contributed by atoms with Crippen molar-refractivity contribution in [1.82, 2.24) is 4.72 Å². The predicted molar refractivity (Wildman–Crippen MR) is 51.7 cm³/mol. The molecule has 3 unspecified atom stereocenters. The van der Waals surface area contributed by atoms with Gasteiger partial charge in [0.25, 0.3) is 0 Å². The molecule has 0 heterocycles. The Labute approximate surface area is 79.3 Å². The maximum atomic E-state index is 11.3. The van der Waals surface area contributed by atoms with Crippen molar-refractivity contribution in [1.29, 1.82) is 0 Å². The molecule has 1 fully saturated rings. The maximum absolute atomic E-state index is 11.3. The Morgan fingerprint density at radius 1 is 1.38 bits per heavy atom. The fourth-order valence-corrected chi connectivity index (χ4v) is 3.13. The first-order chi connectivity index (χ1) is 6.11. The SMILES string of the molecule is CCS(=O)(=O)NC1CC2C=CC1C2. The third kappa shape index (κ3) is 1.79. The summed E-state index contributed by atoms with van der Waals surface area (Å²) in [6, 6.07) is 0.167. The summed E-state index contributed by atoms with van der Waals surface area (Å²) in [6.45, 7) is 1.67. The molecule has 0 amide bonds.